The Morgan fingerprint density at radius 3 is 2.70 bits per heavy atom. The van der Waals surface area contributed by atoms with E-state index >= 15 is 0 Å². The summed E-state index contributed by atoms with van der Waals surface area (Å²) in [6.07, 6.45) is 4.24. The van der Waals surface area contributed by atoms with Gasteiger partial charge < -0.3 is 15.2 Å². The van der Waals surface area contributed by atoms with Crippen molar-refractivity contribution in [2.75, 3.05) is 20.3 Å². The van der Waals surface area contributed by atoms with E-state index in [0.717, 1.165) is 42.6 Å². The molecular weight excluding hydrogens is 254 g/mol. The van der Waals surface area contributed by atoms with Crippen LogP contribution in [0, 0.1) is 6.92 Å². The van der Waals surface area contributed by atoms with Gasteiger partial charge in [-0.2, -0.15) is 0 Å². The topological polar surface area (TPSA) is 58.6 Å². The van der Waals surface area contributed by atoms with Crippen molar-refractivity contribution in [1.29, 1.82) is 0 Å². The van der Waals surface area contributed by atoms with Crippen LogP contribution in [0.2, 0.25) is 0 Å². The summed E-state index contributed by atoms with van der Waals surface area (Å²) in [5, 5.41) is 11.6. The number of hydrogen-bond acceptors (Lipinski definition) is 3. The van der Waals surface area contributed by atoms with Crippen molar-refractivity contribution >= 4 is 5.91 Å². The van der Waals surface area contributed by atoms with Gasteiger partial charge in [0.15, 0.2) is 0 Å². The van der Waals surface area contributed by atoms with Crippen LogP contribution in [0.3, 0.4) is 0 Å². The predicted octanol–water partition coefficient (Wildman–Crippen LogP) is 2.22. The van der Waals surface area contributed by atoms with Crippen molar-refractivity contribution in [3.8, 4) is 5.75 Å². The Labute approximate surface area is 121 Å². The van der Waals surface area contributed by atoms with E-state index in [2.05, 4.69) is 5.32 Å². The molecule has 4 heteroatoms. The number of methoxy groups -OCH3 is 1. The van der Waals surface area contributed by atoms with Crippen molar-refractivity contribution in [3.05, 3.63) is 29.3 Å². The third-order valence-electron chi connectivity index (χ3n) is 3.24. The molecule has 112 valence electrons. The fraction of sp³-hybridized carbons (Fsp3) is 0.562. The SMILES string of the molecule is COc1cc(CC(=O)NCCCCCCO)ccc1C. The Kier molecular flexibility index (Phi) is 7.73. The van der Waals surface area contributed by atoms with Gasteiger partial charge in [0.05, 0.1) is 13.5 Å². The molecule has 0 fully saturated rings. The zero-order valence-corrected chi connectivity index (χ0v) is 12.4. The van der Waals surface area contributed by atoms with E-state index in [9.17, 15) is 4.79 Å². The summed E-state index contributed by atoms with van der Waals surface area (Å²) in [5.41, 5.74) is 2.03. The second-order valence-electron chi connectivity index (χ2n) is 4.97. The quantitative estimate of drug-likeness (QED) is 0.681. The molecule has 0 unspecified atom stereocenters. The van der Waals surface area contributed by atoms with E-state index in [0.29, 0.717) is 13.0 Å². The minimum atomic E-state index is 0.0399. The Morgan fingerprint density at radius 1 is 1.25 bits per heavy atom. The molecule has 0 saturated heterocycles. The molecule has 0 atom stereocenters. The molecule has 1 amide bonds. The molecular formula is C16H25NO3. The number of aliphatic hydroxyl groups excluding tert-OH is 1. The third kappa shape index (κ3) is 6.06. The highest BCUT2D eigenvalue weighted by atomic mass is 16.5. The number of aryl methyl sites for hydroxylation is 1. The maximum absolute atomic E-state index is 11.8. The van der Waals surface area contributed by atoms with Crippen LogP contribution in [0.4, 0.5) is 0 Å². The zero-order valence-electron chi connectivity index (χ0n) is 12.4. The number of carbonyl (C=O) groups excluding carboxylic acids is 1. The molecule has 0 aliphatic carbocycles. The van der Waals surface area contributed by atoms with E-state index in [1.54, 1.807) is 7.11 Å². The number of amides is 1. The Morgan fingerprint density at radius 2 is 2.00 bits per heavy atom. The van der Waals surface area contributed by atoms with Crippen LogP contribution in [0.15, 0.2) is 18.2 Å². The average molecular weight is 279 g/mol. The van der Waals surface area contributed by atoms with Crippen molar-refractivity contribution in [2.45, 2.75) is 39.0 Å². The van der Waals surface area contributed by atoms with Crippen molar-refractivity contribution in [3.63, 3.8) is 0 Å². The largest absolute Gasteiger partial charge is 0.496 e. The lowest BCUT2D eigenvalue weighted by Gasteiger charge is -2.08. The number of nitrogens with one attached hydrogen (secondary N) is 1. The monoisotopic (exact) mass is 279 g/mol. The highest BCUT2D eigenvalue weighted by molar-refractivity contribution is 5.78. The number of aliphatic hydroxyl groups is 1. The standard InChI is InChI=1S/C16H25NO3/c1-13-7-8-14(11-15(13)20-2)12-16(19)17-9-5-3-4-6-10-18/h7-8,11,18H,3-6,9-10,12H2,1-2H3,(H,17,19). The van der Waals surface area contributed by atoms with Gasteiger partial charge in [-0.3, -0.25) is 4.79 Å². The predicted molar refractivity (Wildman–Crippen MR) is 80.0 cm³/mol. The van der Waals surface area contributed by atoms with Crippen LogP contribution in [0.5, 0.6) is 5.75 Å². The fourth-order valence-corrected chi connectivity index (χ4v) is 2.04. The number of carbonyl (C=O) groups is 1. The molecule has 20 heavy (non-hydrogen) atoms. The number of hydrogen-bond donors (Lipinski definition) is 2. The maximum atomic E-state index is 11.8. The molecule has 0 saturated carbocycles. The van der Waals surface area contributed by atoms with Gasteiger partial charge in [0.1, 0.15) is 5.75 Å². The van der Waals surface area contributed by atoms with E-state index in [1.807, 2.05) is 25.1 Å². The molecule has 0 aliphatic heterocycles. The fourth-order valence-electron chi connectivity index (χ4n) is 2.04. The molecule has 0 heterocycles. The molecule has 1 rings (SSSR count). The maximum Gasteiger partial charge on any atom is 0.224 e. The first-order chi connectivity index (χ1) is 9.67. The van der Waals surface area contributed by atoms with Crippen molar-refractivity contribution in [1.82, 2.24) is 5.32 Å². The van der Waals surface area contributed by atoms with E-state index in [4.69, 9.17) is 9.84 Å². The van der Waals surface area contributed by atoms with Gasteiger partial charge in [-0.1, -0.05) is 25.0 Å². The van der Waals surface area contributed by atoms with Crippen LogP contribution in [-0.2, 0) is 11.2 Å². The summed E-state index contributed by atoms with van der Waals surface area (Å²) in [6, 6.07) is 5.84. The van der Waals surface area contributed by atoms with Gasteiger partial charge in [-0.05, 0) is 37.0 Å². The summed E-state index contributed by atoms with van der Waals surface area (Å²) in [4.78, 5) is 11.8. The molecule has 0 aromatic heterocycles. The normalized spacial score (nSPS) is 10.3. The van der Waals surface area contributed by atoms with E-state index in [1.165, 1.54) is 0 Å². The number of ether oxygens (including phenoxy) is 1. The number of rotatable bonds is 9. The van der Waals surface area contributed by atoms with Crippen LogP contribution in [-0.4, -0.2) is 31.3 Å². The zero-order chi connectivity index (χ0) is 14.8. The molecule has 0 radical (unpaired) electrons. The molecule has 0 bridgehead atoms. The molecule has 4 nitrogen and oxygen atoms in total. The van der Waals surface area contributed by atoms with Crippen LogP contribution in [0.25, 0.3) is 0 Å². The molecule has 0 spiro atoms. The summed E-state index contributed by atoms with van der Waals surface area (Å²) in [7, 11) is 1.64. The van der Waals surface area contributed by atoms with Gasteiger partial charge in [-0.25, -0.2) is 0 Å². The molecule has 0 aliphatic rings. The second kappa shape index (κ2) is 9.37. The lowest BCUT2D eigenvalue weighted by molar-refractivity contribution is -0.120. The van der Waals surface area contributed by atoms with Gasteiger partial charge >= 0.3 is 0 Å². The van der Waals surface area contributed by atoms with Gasteiger partial charge in [0.2, 0.25) is 5.91 Å². The molecule has 1 aromatic rings. The third-order valence-corrected chi connectivity index (χ3v) is 3.24. The van der Waals surface area contributed by atoms with Crippen LogP contribution >= 0.6 is 0 Å². The minimum absolute atomic E-state index is 0.0399. The lowest BCUT2D eigenvalue weighted by Crippen LogP contribution is -2.26. The Balaban J connectivity index is 2.28. The minimum Gasteiger partial charge on any atom is -0.496 e. The van der Waals surface area contributed by atoms with Crippen molar-refractivity contribution in [2.24, 2.45) is 0 Å². The first-order valence-electron chi connectivity index (χ1n) is 7.18. The highest BCUT2D eigenvalue weighted by Gasteiger charge is 2.05. The smallest absolute Gasteiger partial charge is 0.224 e. The molecule has 2 N–H and O–H groups in total. The van der Waals surface area contributed by atoms with E-state index in [-0.39, 0.29) is 12.5 Å². The van der Waals surface area contributed by atoms with Gasteiger partial charge in [0, 0.05) is 13.2 Å². The van der Waals surface area contributed by atoms with Gasteiger partial charge in [-0.15, -0.1) is 0 Å². The Hall–Kier alpha value is -1.55. The summed E-state index contributed by atoms with van der Waals surface area (Å²) >= 11 is 0. The average Bonchev–Trinajstić information content (AvgIpc) is 2.44. The highest BCUT2D eigenvalue weighted by Crippen LogP contribution is 2.19. The second-order valence-corrected chi connectivity index (χ2v) is 4.97. The molecule has 1 aromatic carbocycles. The Bertz CT molecular complexity index is 418. The van der Waals surface area contributed by atoms with Gasteiger partial charge in [0.25, 0.3) is 0 Å². The first-order valence-corrected chi connectivity index (χ1v) is 7.18. The first kappa shape index (κ1) is 16.5. The number of unbranched alkanes of at least 4 members (excludes halogenated alkanes) is 3. The number of benzene rings is 1. The summed E-state index contributed by atoms with van der Waals surface area (Å²) in [6.45, 7) is 2.93. The van der Waals surface area contributed by atoms with Crippen molar-refractivity contribution < 1.29 is 14.6 Å². The van der Waals surface area contributed by atoms with Crippen LogP contribution in [0.1, 0.15) is 36.8 Å². The van der Waals surface area contributed by atoms with E-state index < -0.39 is 0 Å². The summed E-state index contributed by atoms with van der Waals surface area (Å²) < 4.78 is 5.25. The van der Waals surface area contributed by atoms with Crippen LogP contribution < -0.4 is 10.1 Å². The lowest BCUT2D eigenvalue weighted by atomic mass is 10.1. The summed E-state index contributed by atoms with van der Waals surface area (Å²) in [5.74, 6) is 0.859.